The van der Waals surface area contributed by atoms with Crippen molar-refractivity contribution in [2.24, 2.45) is 0 Å². The summed E-state index contributed by atoms with van der Waals surface area (Å²) in [6, 6.07) is 36.1. The largest absolute Gasteiger partial charge is 0.356 e. The summed E-state index contributed by atoms with van der Waals surface area (Å²) < 4.78 is 0. The fraction of sp³-hybridized carbons (Fsp3) is 0.0323. The van der Waals surface area contributed by atoms with E-state index in [0.29, 0.717) is 0 Å². The molecule has 0 unspecified atom stereocenters. The molecule has 1 nitrogen and oxygen atoms in total. The van der Waals surface area contributed by atoms with E-state index < -0.39 is 0 Å². The molecule has 0 radical (unpaired) electrons. The topological polar surface area (TPSA) is 12.0 Å². The van der Waals surface area contributed by atoms with Gasteiger partial charge in [-0.05, 0) is 64.6 Å². The van der Waals surface area contributed by atoms with E-state index in [4.69, 9.17) is 0 Å². The lowest BCUT2D eigenvalue weighted by molar-refractivity contribution is 1.53. The van der Waals surface area contributed by atoms with Crippen LogP contribution in [0.3, 0.4) is 0 Å². The van der Waals surface area contributed by atoms with Crippen molar-refractivity contribution in [3.05, 3.63) is 140 Å². The van der Waals surface area contributed by atoms with E-state index in [2.05, 4.69) is 115 Å². The Morgan fingerprint density at radius 3 is 1.56 bits per heavy atom. The lowest BCUT2D eigenvalue weighted by atomic mass is 10.00. The van der Waals surface area contributed by atoms with Gasteiger partial charge in [-0.3, -0.25) is 0 Å². The van der Waals surface area contributed by atoms with Gasteiger partial charge in [0.2, 0.25) is 0 Å². The number of hydrogen-bond acceptors (Lipinski definition) is 1. The van der Waals surface area contributed by atoms with Crippen molar-refractivity contribution in [1.29, 1.82) is 0 Å². The van der Waals surface area contributed by atoms with Gasteiger partial charge in [0.15, 0.2) is 0 Å². The molecule has 4 aromatic rings. The molecule has 0 spiro atoms. The normalized spacial score (nSPS) is 11.5. The molecule has 0 heterocycles. The van der Waals surface area contributed by atoms with Crippen molar-refractivity contribution in [3.8, 4) is 22.3 Å². The van der Waals surface area contributed by atoms with E-state index in [-0.39, 0.29) is 0 Å². The van der Waals surface area contributed by atoms with Gasteiger partial charge in [-0.2, -0.15) is 0 Å². The summed E-state index contributed by atoms with van der Waals surface area (Å²) >= 11 is 0. The zero-order valence-corrected chi connectivity index (χ0v) is 18.3. The molecule has 0 bridgehead atoms. The molecule has 0 aliphatic heterocycles. The monoisotopic (exact) mass is 413 g/mol. The van der Waals surface area contributed by atoms with Crippen LogP contribution in [0.1, 0.15) is 12.5 Å². The summed E-state index contributed by atoms with van der Waals surface area (Å²) in [6.07, 6.45) is 8.02. The molecule has 0 atom stereocenters. The maximum atomic E-state index is 3.93. The Balaban J connectivity index is 1.45. The number of rotatable bonds is 7. The predicted octanol–water partition coefficient (Wildman–Crippen LogP) is 8.91. The molecular formula is C31H27N. The van der Waals surface area contributed by atoms with Gasteiger partial charge in [-0.25, -0.2) is 0 Å². The third-order valence-corrected chi connectivity index (χ3v) is 5.41. The minimum atomic E-state index is 1.07. The van der Waals surface area contributed by atoms with Crippen LogP contribution in [0, 0.1) is 0 Å². The van der Waals surface area contributed by atoms with Gasteiger partial charge in [0.25, 0.3) is 0 Å². The van der Waals surface area contributed by atoms with Gasteiger partial charge in [-0.15, -0.1) is 0 Å². The maximum absolute atomic E-state index is 3.93. The second kappa shape index (κ2) is 10.3. The molecule has 0 saturated heterocycles. The number of benzene rings is 4. The molecule has 4 aromatic carbocycles. The molecule has 0 aromatic heterocycles. The third kappa shape index (κ3) is 5.14. The lowest BCUT2D eigenvalue weighted by Crippen LogP contribution is -1.90. The fourth-order valence-corrected chi connectivity index (χ4v) is 3.63. The Kier molecular flexibility index (Phi) is 6.79. The first-order valence-corrected chi connectivity index (χ1v) is 10.9. The highest BCUT2D eigenvalue weighted by atomic mass is 14.9. The van der Waals surface area contributed by atoms with Crippen molar-refractivity contribution in [2.45, 2.75) is 6.92 Å². The molecular weight excluding hydrogens is 386 g/mol. The molecule has 32 heavy (non-hydrogen) atoms. The highest BCUT2D eigenvalue weighted by Gasteiger charge is 2.02. The number of nitrogens with one attached hydrogen (secondary N) is 1. The lowest BCUT2D eigenvalue weighted by Gasteiger charge is -2.10. The van der Waals surface area contributed by atoms with Crippen molar-refractivity contribution < 1.29 is 0 Å². The Hall–Kier alpha value is -4.10. The first kappa shape index (κ1) is 21.1. The van der Waals surface area contributed by atoms with E-state index in [1.807, 2.05) is 31.2 Å². The molecule has 4 rings (SSSR count). The summed E-state index contributed by atoms with van der Waals surface area (Å²) in [4.78, 5) is 0. The summed E-state index contributed by atoms with van der Waals surface area (Å²) in [6.45, 7) is 5.94. The second-order valence-electron chi connectivity index (χ2n) is 7.57. The van der Waals surface area contributed by atoms with Crippen molar-refractivity contribution in [3.63, 3.8) is 0 Å². The first-order valence-electron chi connectivity index (χ1n) is 10.9. The van der Waals surface area contributed by atoms with Gasteiger partial charge in [-0.1, -0.05) is 110 Å². The average Bonchev–Trinajstić information content (AvgIpc) is 2.86. The molecule has 0 fully saturated rings. The van der Waals surface area contributed by atoms with Gasteiger partial charge in [0.05, 0.1) is 0 Å². The summed E-state index contributed by atoms with van der Waals surface area (Å²) in [5, 5.41) is 3.49. The van der Waals surface area contributed by atoms with Crippen LogP contribution in [0.15, 0.2) is 134 Å². The average molecular weight is 414 g/mol. The van der Waals surface area contributed by atoms with Crippen LogP contribution in [0.25, 0.3) is 27.8 Å². The first-order chi connectivity index (χ1) is 15.8. The van der Waals surface area contributed by atoms with Crippen molar-refractivity contribution in [1.82, 2.24) is 0 Å². The highest BCUT2D eigenvalue weighted by molar-refractivity contribution is 5.77. The Bertz CT molecular complexity index is 1210. The van der Waals surface area contributed by atoms with E-state index in [9.17, 15) is 0 Å². The van der Waals surface area contributed by atoms with Crippen LogP contribution < -0.4 is 5.32 Å². The summed E-state index contributed by atoms with van der Waals surface area (Å²) in [7, 11) is 0. The number of allylic oxidation sites excluding steroid dienone is 5. The SMILES string of the molecule is C=C/C(=C\C=C/C)c1ccc(-c2ccc(Nc3ccc(-c4ccccc4)cc3)cc2)cc1. The molecule has 0 saturated carbocycles. The number of hydrogen-bond donors (Lipinski definition) is 1. The molecule has 0 amide bonds. The molecule has 156 valence electrons. The number of anilines is 2. The van der Waals surface area contributed by atoms with Crippen LogP contribution in [0.2, 0.25) is 0 Å². The molecule has 1 heteroatoms. The van der Waals surface area contributed by atoms with E-state index in [1.54, 1.807) is 0 Å². The van der Waals surface area contributed by atoms with E-state index in [1.165, 1.54) is 27.8 Å². The predicted molar refractivity (Wildman–Crippen MR) is 140 cm³/mol. The zero-order chi connectivity index (χ0) is 22.2. The second-order valence-corrected chi connectivity index (χ2v) is 7.57. The highest BCUT2D eigenvalue weighted by Crippen LogP contribution is 2.27. The van der Waals surface area contributed by atoms with Gasteiger partial charge in [0.1, 0.15) is 0 Å². The minimum absolute atomic E-state index is 1.07. The Labute approximate surface area is 191 Å². The Morgan fingerprint density at radius 2 is 1.09 bits per heavy atom. The molecule has 1 N–H and O–H groups in total. The van der Waals surface area contributed by atoms with Crippen LogP contribution in [0.4, 0.5) is 11.4 Å². The van der Waals surface area contributed by atoms with Gasteiger partial charge in [0, 0.05) is 11.4 Å². The van der Waals surface area contributed by atoms with Crippen LogP contribution >= 0.6 is 0 Å². The van der Waals surface area contributed by atoms with Crippen molar-refractivity contribution in [2.75, 3.05) is 5.32 Å². The van der Waals surface area contributed by atoms with E-state index in [0.717, 1.165) is 16.9 Å². The molecule has 0 aliphatic rings. The standard InChI is InChI=1S/C31H27N/c1-3-5-9-24(4-2)26-12-14-27(15-13-26)29-18-22-31(23-19-29)32-30-20-16-28(17-21-30)25-10-7-6-8-11-25/h3-23,32H,2H2,1H3/b5-3-,24-9+. The smallest absolute Gasteiger partial charge is 0.0384 e. The van der Waals surface area contributed by atoms with Crippen LogP contribution in [-0.4, -0.2) is 0 Å². The minimum Gasteiger partial charge on any atom is -0.356 e. The van der Waals surface area contributed by atoms with Crippen LogP contribution in [0.5, 0.6) is 0 Å². The third-order valence-electron chi connectivity index (χ3n) is 5.41. The quantitative estimate of drug-likeness (QED) is 0.298. The van der Waals surface area contributed by atoms with E-state index >= 15 is 0 Å². The van der Waals surface area contributed by atoms with Crippen LogP contribution in [-0.2, 0) is 0 Å². The summed E-state index contributed by atoms with van der Waals surface area (Å²) in [5.41, 5.74) is 9.27. The summed E-state index contributed by atoms with van der Waals surface area (Å²) in [5.74, 6) is 0. The maximum Gasteiger partial charge on any atom is 0.0384 e. The van der Waals surface area contributed by atoms with Gasteiger partial charge >= 0.3 is 0 Å². The van der Waals surface area contributed by atoms with Crippen molar-refractivity contribution >= 4 is 16.9 Å². The van der Waals surface area contributed by atoms with Gasteiger partial charge < -0.3 is 5.32 Å². The fourth-order valence-electron chi connectivity index (χ4n) is 3.63. The molecule has 0 aliphatic carbocycles. The zero-order valence-electron chi connectivity index (χ0n) is 18.3. The Morgan fingerprint density at radius 1 is 0.625 bits per heavy atom.